The average Bonchev–Trinajstić information content (AvgIpc) is 2.35. The Morgan fingerprint density at radius 3 is 2.22 bits per heavy atom. The Labute approximate surface area is 107 Å². The van der Waals surface area contributed by atoms with E-state index in [9.17, 15) is 8.78 Å². The number of nitrogens with one attached hydrogen (secondary N) is 1. The predicted octanol–water partition coefficient (Wildman–Crippen LogP) is 3.30. The lowest BCUT2D eigenvalue weighted by Crippen LogP contribution is -2.07. The van der Waals surface area contributed by atoms with Gasteiger partial charge in [-0.05, 0) is 32.9 Å². The van der Waals surface area contributed by atoms with Crippen LogP contribution in [0.2, 0.25) is 0 Å². The van der Waals surface area contributed by atoms with E-state index >= 15 is 0 Å². The van der Waals surface area contributed by atoms with Crippen LogP contribution in [0.4, 0.5) is 8.78 Å². The SMILES string of the molecule is CNCCCCCCc1c(F)cc(OC)cc1F. The number of unbranched alkanes of at least 4 members (excludes halogenated alkanes) is 3. The average molecular weight is 257 g/mol. The Balaban J connectivity index is 2.42. The summed E-state index contributed by atoms with van der Waals surface area (Å²) in [6, 6.07) is 2.47. The minimum atomic E-state index is -0.512. The third kappa shape index (κ3) is 4.61. The van der Waals surface area contributed by atoms with Crippen molar-refractivity contribution in [2.75, 3.05) is 20.7 Å². The molecule has 0 aliphatic rings. The Morgan fingerprint density at radius 2 is 1.67 bits per heavy atom. The number of halogens is 2. The molecular weight excluding hydrogens is 236 g/mol. The molecule has 0 saturated carbocycles. The molecule has 0 radical (unpaired) electrons. The first-order valence-corrected chi connectivity index (χ1v) is 6.35. The largest absolute Gasteiger partial charge is 0.497 e. The summed E-state index contributed by atoms with van der Waals surface area (Å²) in [5, 5.41) is 3.07. The Morgan fingerprint density at radius 1 is 1.06 bits per heavy atom. The Kier molecular flexibility index (Phi) is 6.65. The van der Waals surface area contributed by atoms with Gasteiger partial charge >= 0.3 is 0 Å². The smallest absolute Gasteiger partial charge is 0.133 e. The molecule has 0 saturated heterocycles. The fraction of sp³-hybridized carbons (Fsp3) is 0.571. The fourth-order valence-corrected chi connectivity index (χ4v) is 1.89. The van der Waals surface area contributed by atoms with Crippen LogP contribution >= 0.6 is 0 Å². The van der Waals surface area contributed by atoms with Crippen molar-refractivity contribution in [1.29, 1.82) is 0 Å². The van der Waals surface area contributed by atoms with Crippen LogP contribution in [0.1, 0.15) is 31.2 Å². The minimum Gasteiger partial charge on any atom is -0.497 e. The molecule has 1 N–H and O–H groups in total. The molecule has 102 valence electrons. The number of benzene rings is 1. The molecule has 0 aliphatic heterocycles. The van der Waals surface area contributed by atoms with Crippen molar-refractivity contribution in [2.24, 2.45) is 0 Å². The molecule has 18 heavy (non-hydrogen) atoms. The second-order valence-corrected chi connectivity index (χ2v) is 4.34. The maximum atomic E-state index is 13.6. The van der Waals surface area contributed by atoms with Gasteiger partial charge in [-0.2, -0.15) is 0 Å². The molecule has 2 nitrogen and oxygen atoms in total. The molecule has 1 rings (SSSR count). The zero-order valence-electron chi connectivity index (χ0n) is 11.1. The molecule has 0 spiro atoms. The maximum absolute atomic E-state index is 13.6. The maximum Gasteiger partial charge on any atom is 0.133 e. The number of hydrogen-bond donors (Lipinski definition) is 1. The lowest BCUT2D eigenvalue weighted by atomic mass is 10.0. The molecule has 0 unspecified atom stereocenters. The highest BCUT2D eigenvalue weighted by atomic mass is 19.1. The minimum absolute atomic E-state index is 0.171. The van der Waals surface area contributed by atoms with Crippen molar-refractivity contribution in [1.82, 2.24) is 5.32 Å². The normalized spacial score (nSPS) is 10.7. The monoisotopic (exact) mass is 257 g/mol. The zero-order chi connectivity index (χ0) is 13.4. The number of rotatable bonds is 8. The molecule has 0 bridgehead atoms. The van der Waals surface area contributed by atoms with Gasteiger partial charge in [-0.15, -0.1) is 0 Å². The van der Waals surface area contributed by atoms with Gasteiger partial charge in [0.25, 0.3) is 0 Å². The van der Waals surface area contributed by atoms with Crippen LogP contribution in [0, 0.1) is 11.6 Å². The van der Waals surface area contributed by atoms with Gasteiger partial charge in [0, 0.05) is 17.7 Å². The van der Waals surface area contributed by atoms with E-state index in [-0.39, 0.29) is 11.3 Å². The molecule has 0 fully saturated rings. The van der Waals surface area contributed by atoms with E-state index in [1.807, 2.05) is 7.05 Å². The van der Waals surface area contributed by atoms with Crippen molar-refractivity contribution in [3.05, 3.63) is 29.3 Å². The van der Waals surface area contributed by atoms with Crippen LogP contribution in [0.5, 0.6) is 5.75 Å². The van der Waals surface area contributed by atoms with Crippen LogP contribution in [-0.2, 0) is 6.42 Å². The standard InChI is InChI=1S/C14H21F2NO/c1-17-8-6-4-3-5-7-12-13(15)9-11(18-2)10-14(12)16/h9-10,17H,3-8H2,1-2H3. The molecule has 0 atom stereocenters. The second kappa shape index (κ2) is 8.03. The summed E-state index contributed by atoms with van der Waals surface area (Å²) in [7, 11) is 3.32. The highest BCUT2D eigenvalue weighted by Gasteiger charge is 2.11. The lowest BCUT2D eigenvalue weighted by Gasteiger charge is -2.07. The van der Waals surface area contributed by atoms with Crippen LogP contribution in [0.15, 0.2) is 12.1 Å². The second-order valence-electron chi connectivity index (χ2n) is 4.34. The molecule has 1 aromatic rings. The van der Waals surface area contributed by atoms with Crippen molar-refractivity contribution in [2.45, 2.75) is 32.1 Å². The topological polar surface area (TPSA) is 21.3 Å². The van der Waals surface area contributed by atoms with Gasteiger partial charge in [0.15, 0.2) is 0 Å². The summed E-state index contributed by atoms with van der Waals surface area (Å²) in [4.78, 5) is 0. The molecule has 1 aromatic carbocycles. The van der Waals surface area contributed by atoms with E-state index in [2.05, 4.69) is 5.32 Å². The first-order chi connectivity index (χ1) is 8.69. The summed E-state index contributed by atoms with van der Waals surface area (Å²) < 4.78 is 32.0. The third-order valence-corrected chi connectivity index (χ3v) is 2.95. The van der Waals surface area contributed by atoms with E-state index in [0.717, 1.165) is 32.2 Å². The summed E-state index contributed by atoms with van der Waals surface area (Å²) in [5.74, 6) is -0.799. The van der Waals surface area contributed by atoms with Crippen LogP contribution < -0.4 is 10.1 Å². The van der Waals surface area contributed by atoms with Gasteiger partial charge < -0.3 is 10.1 Å². The van der Waals surface area contributed by atoms with Gasteiger partial charge in [-0.3, -0.25) is 0 Å². The highest BCUT2D eigenvalue weighted by molar-refractivity contribution is 5.30. The Hall–Kier alpha value is -1.16. The van der Waals surface area contributed by atoms with Crippen molar-refractivity contribution in [3.63, 3.8) is 0 Å². The first kappa shape index (κ1) is 14.9. The predicted molar refractivity (Wildman–Crippen MR) is 69.0 cm³/mol. The van der Waals surface area contributed by atoms with E-state index in [4.69, 9.17) is 4.74 Å². The van der Waals surface area contributed by atoms with Gasteiger partial charge in [-0.25, -0.2) is 8.78 Å². The van der Waals surface area contributed by atoms with Crippen molar-refractivity contribution >= 4 is 0 Å². The van der Waals surface area contributed by atoms with Gasteiger partial charge in [-0.1, -0.05) is 12.8 Å². The Bertz CT molecular complexity index is 346. The summed E-state index contributed by atoms with van der Waals surface area (Å²) in [6.07, 6.45) is 4.43. The van der Waals surface area contributed by atoms with Crippen LogP contribution in [-0.4, -0.2) is 20.7 Å². The van der Waals surface area contributed by atoms with E-state index in [1.54, 1.807) is 0 Å². The number of ether oxygens (including phenoxy) is 1. The number of methoxy groups -OCH3 is 1. The lowest BCUT2D eigenvalue weighted by molar-refractivity contribution is 0.405. The molecule has 0 heterocycles. The molecule has 0 amide bonds. The zero-order valence-corrected chi connectivity index (χ0v) is 11.1. The van der Waals surface area contributed by atoms with Gasteiger partial charge in [0.2, 0.25) is 0 Å². The molecular formula is C14H21F2NO. The van der Waals surface area contributed by atoms with Crippen molar-refractivity contribution in [3.8, 4) is 5.75 Å². The summed E-state index contributed by atoms with van der Waals surface area (Å²) >= 11 is 0. The van der Waals surface area contributed by atoms with Crippen LogP contribution in [0.25, 0.3) is 0 Å². The number of hydrogen-bond acceptors (Lipinski definition) is 2. The van der Waals surface area contributed by atoms with Crippen LogP contribution in [0.3, 0.4) is 0 Å². The van der Waals surface area contributed by atoms with E-state index < -0.39 is 11.6 Å². The summed E-state index contributed by atoms with van der Waals surface area (Å²) in [5.41, 5.74) is 0.171. The highest BCUT2D eigenvalue weighted by Crippen LogP contribution is 2.22. The van der Waals surface area contributed by atoms with E-state index in [0.29, 0.717) is 6.42 Å². The van der Waals surface area contributed by atoms with Gasteiger partial charge in [0.05, 0.1) is 7.11 Å². The molecule has 4 heteroatoms. The van der Waals surface area contributed by atoms with Crippen molar-refractivity contribution < 1.29 is 13.5 Å². The van der Waals surface area contributed by atoms with E-state index in [1.165, 1.54) is 19.2 Å². The third-order valence-electron chi connectivity index (χ3n) is 2.95. The van der Waals surface area contributed by atoms with Gasteiger partial charge in [0.1, 0.15) is 17.4 Å². The molecule has 0 aliphatic carbocycles. The summed E-state index contributed by atoms with van der Waals surface area (Å²) in [6.45, 7) is 0.991. The molecule has 0 aromatic heterocycles. The quantitative estimate of drug-likeness (QED) is 0.721. The first-order valence-electron chi connectivity index (χ1n) is 6.35. The fourth-order valence-electron chi connectivity index (χ4n) is 1.89.